The first-order chi connectivity index (χ1) is 11.3. The number of likely N-dealkylation sites (N-methyl/N-ethyl adjacent to an activating group) is 1. The van der Waals surface area contributed by atoms with Gasteiger partial charge in [0.1, 0.15) is 5.75 Å². The van der Waals surface area contributed by atoms with Crippen LogP contribution in [-0.2, 0) is 21.2 Å². The van der Waals surface area contributed by atoms with Crippen molar-refractivity contribution in [2.24, 2.45) is 0 Å². The zero-order chi connectivity index (χ0) is 17.7. The molecule has 1 saturated heterocycles. The molecule has 8 heteroatoms. The van der Waals surface area contributed by atoms with Gasteiger partial charge in [0.15, 0.2) is 9.84 Å². The molecule has 24 heavy (non-hydrogen) atoms. The van der Waals surface area contributed by atoms with Crippen molar-refractivity contribution in [2.75, 3.05) is 31.7 Å². The van der Waals surface area contributed by atoms with E-state index >= 15 is 0 Å². The summed E-state index contributed by atoms with van der Waals surface area (Å²) in [5.41, 5.74) is 0.906. The predicted molar refractivity (Wildman–Crippen MR) is 94.2 cm³/mol. The molecule has 0 radical (unpaired) electrons. The van der Waals surface area contributed by atoms with Crippen LogP contribution in [0.15, 0.2) is 18.2 Å². The van der Waals surface area contributed by atoms with Gasteiger partial charge in [0, 0.05) is 23.2 Å². The van der Waals surface area contributed by atoms with Crippen LogP contribution in [0.2, 0.25) is 5.02 Å². The highest BCUT2D eigenvalue weighted by Crippen LogP contribution is 2.24. The third kappa shape index (κ3) is 5.36. The summed E-state index contributed by atoms with van der Waals surface area (Å²) in [6, 6.07) is 5.11. The van der Waals surface area contributed by atoms with Gasteiger partial charge in [-0.2, -0.15) is 0 Å². The number of methoxy groups -OCH3 is 1. The van der Waals surface area contributed by atoms with Crippen LogP contribution in [0.25, 0.3) is 0 Å². The lowest BCUT2D eigenvalue weighted by atomic mass is 10.2. The fraction of sp³-hybridized carbons (Fsp3) is 0.562. The van der Waals surface area contributed by atoms with Gasteiger partial charge in [-0.05, 0) is 31.2 Å². The van der Waals surface area contributed by atoms with Gasteiger partial charge >= 0.3 is 0 Å². The highest BCUT2D eigenvalue weighted by Gasteiger charge is 2.29. The van der Waals surface area contributed by atoms with E-state index in [1.807, 2.05) is 17.9 Å². The monoisotopic (exact) mass is 374 g/mol. The number of carbonyl (C=O) groups excluding carboxylic acids is 1. The van der Waals surface area contributed by atoms with Crippen molar-refractivity contribution >= 4 is 27.3 Å². The van der Waals surface area contributed by atoms with E-state index in [0.29, 0.717) is 24.5 Å². The van der Waals surface area contributed by atoms with Crippen molar-refractivity contribution in [3.63, 3.8) is 0 Å². The lowest BCUT2D eigenvalue weighted by molar-refractivity contribution is -0.122. The van der Waals surface area contributed by atoms with Crippen molar-refractivity contribution in [3.05, 3.63) is 28.8 Å². The Bertz CT molecular complexity index is 693. The average molecular weight is 375 g/mol. The Labute approximate surface area is 148 Å². The molecule has 134 valence electrons. The normalized spacial score (nSPS) is 19.4. The summed E-state index contributed by atoms with van der Waals surface area (Å²) >= 11 is 6.04. The molecule has 6 nitrogen and oxygen atoms in total. The van der Waals surface area contributed by atoms with Crippen LogP contribution < -0.4 is 10.1 Å². The largest absolute Gasteiger partial charge is 0.496 e. The third-order valence-electron chi connectivity index (χ3n) is 4.05. The van der Waals surface area contributed by atoms with Gasteiger partial charge in [0.25, 0.3) is 0 Å². The minimum absolute atomic E-state index is 0.0347. The van der Waals surface area contributed by atoms with E-state index in [1.165, 1.54) is 0 Å². The smallest absolute Gasteiger partial charge is 0.234 e. The number of sulfone groups is 1. The topological polar surface area (TPSA) is 75.7 Å². The Hall–Kier alpha value is -1.31. The number of hydrogen-bond donors (Lipinski definition) is 1. The van der Waals surface area contributed by atoms with Gasteiger partial charge in [0.2, 0.25) is 5.91 Å². The Balaban J connectivity index is 1.94. The average Bonchev–Trinajstić information content (AvgIpc) is 2.85. The Morgan fingerprint density at radius 3 is 2.79 bits per heavy atom. The highest BCUT2D eigenvalue weighted by atomic mass is 35.5. The van der Waals surface area contributed by atoms with Gasteiger partial charge in [-0.1, -0.05) is 18.5 Å². The molecule has 1 fully saturated rings. The molecule has 0 aliphatic carbocycles. The zero-order valence-electron chi connectivity index (χ0n) is 13.9. The second-order valence-electron chi connectivity index (χ2n) is 5.93. The summed E-state index contributed by atoms with van der Waals surface area (Å²) in [6.07, 6.45) is 0.488. The van der Waals surface area contributed by atoms with Crippen LogP contribution in [0.5, 0.6) is 5.75 Å². The van der Waals surface area contributed by atoms with Crippen molar-refractivity contribution in [1.82, 2.24) is 10.2 Å². The Morgan fingerprint density at radius 1 is 1.46 bits per heavy atom. The minimum atomic E-state index is -3.00. The standard InChI is InChI=1S/C16H23ClN2O4S/c1-3-19(9-12-8-13(17)4-5-15(12)23-2)10-16(20)18-14-6-7-24(21,22)11-14/h4-5,8,14H,3,6-7,9-11H2,1-2H3,(H,18,20)/t14-/m1/s1. The predicted octanol–water partition coefficient (Wildman–Crippen LogP) is 1.47. The zero-order valence-corrected chi connectivity index (χ0v) is 15.5. The molecule has 2 rings (SSSR count). The van der Waals surface area contributed by atoms with E-state index in [1.54, 1.807) is 19.2 Å². The second-order valence-corrected chi connectivity index (χ2v) is 8.59. The van der Waals surface area contributed by atoms with E-state index < -0.39 is 9.84 Å². The van der Waals surface area contributed by atoms with Crippen LogP contribution in [0.1, 0.15) is 18.9 Å². The number of ether oxygens (including phenoxy) is 1. The first-order valence-electron chi connectivity index (χ1n) is 7.87. The molecule has 1 aliphatic heterocycles. The Kier molecular flexibility index (Phi) is 6.48. The van der Waals surface area contributed by atoms with E-state index in [4.69, 9.17) is 16.3 Å². The lowest BCUT2D eigenvalue weighted by Gasteiger charge is -2.22. The molecule has 1 amide bonds. The summed E-state index contributed by atoms with van der Waals surface area (Å²) in [7, 11) is -1.40. The number of carbonyl (C=O) groups is 1. The van der Waals surface area contributed by atoms with E-state index in [9.17, 15) is 13.2 Å². The van der Waals surface area contributed by atoms with Gasteiger partial charge in [-0.25, -0.2) is 8.42 Å². The van der Waals surface area contributed by atoms with Gasteiger partial charge in [-0.3, -0.25) is 9.69 Å². The molecule has 0 bridgehead atoms. The van der Waals surface area contributed by atoms with E-state index in [0.717, 1.165) is 11.3 Å². The van der Waals surface area contributed by atoms with Crippen LogP contribution in [0, 0.1) is 0 Å². The van der Waals surface area contributed by atoms with Crippen LogP contribution in [0.3, 0.4) is 0 Å². The minimum Gasteiger partial charge on any atom is -0.496 e. The molecular formula is C16H23ClN2O4S. The summed E-state index contributed by atoms with van der Waals surface area (Å²) in [6.45, 7) is 3.36. The third-order valence-corrected chi connectivity index (χ3v) is 6.05. The molecule has 1 atom stereocenters. The van der Waals surface area contributed by atoms with Crippen LogP contribution in [-0.4, -0.2) is 57.0 Å². The maximum absolute atomic E-state index is 12.2. The van der Waals surface area contributed by atoms with Crippen molar-refractivity contribution in [1.29, 1.82) is 0 Å². The molecule has 1 N–H and O–H groups in total. The van der Waals surface area contributed by atoms with Gasteiger partial charge in [-0.15, -0.1) is 0 Å². The SMILES string of the molecule is CCN(CC(=O)N[C@@H]1CCS(=O)(=O)C1)Cc1cc(Cl)ccc1OC. The number of hydrogen-bond acceptors (Lipinski definition) is 5. The molecule has 0 aromatic heterocycles. The molecule has 0 unspecified atom stereocenters. The van der Waals surface area contributed by atoms with Crippen molar-refractivity contribution in [2.45, 2.75) is 25.9 Å². The molecule has 1 aromatic carbocycles. The quantitative estimate of drug-likeness (QED) is 0.782. The summed E-state index contributed by atoms with van der Waals surface area (Å²) in [4.78, 5) is 14.1. The van der Waals surface area contributed by atoms with Crippen molar-refractivity contribution < 1.29 is 17.9 Å². The number of nitrogens with one attached hydrogen (secondary N) is 1. The fourth-order valence-corrected chi connectivity index (χ4v) is 4.64. The molecule has 1 aromatic rings. The van der Waals surface area contributed by atoms with Gasteiger partial charge < -0.3 is 10.1 Å². The fourth-order valence-electron chi connectivity index (χ4n) is 2.78. The van der Waals surface area contributed by atoms with E-state index in [-0.39, 0.29) is 30.0 Å². The number of rotatable bonds is 7. The lowest BCUT2D eigenvalue weighted by Crippen LogP contribution is -2.42. The molecular weight excluding hydrogens is 352 g/mol. The molecule has 0 spiro atoms. The molecule has 1 heterocycles. The first kappa shape index (κ1) is 19.0. The molecule has 0 saturated carbocycles. The number of nitrogens with zero attached hydrogens (tertiary/aromatic N) is 1. The van der Waals surface area contributed by atoms with Crippen molar-refractivity contribution in [3.8, 4) is 5.75 Å². The Morgan fingerprint density at radius 2 is 2.21 bits per heavy atom. The second kappa shape index (κ2) is 8.18. The number of amides is 1. The summed E-state index contributed by atoms with van der Waals surface area (Å²) < 4.78 is 28.2. The van der Waals surface area contributed by atoms with Crippen LogP contribution >= 0.6 is 11.6 Å². The van der Waals surface area contributed by atoms with Gasteiger partial charge in [0.05, 0.1) is 25.2 Å². The summed E-state index contributed by atoms with van der Waals surface area (Å²) in [5, 5.41) is 3.42. The number of benzene rings is 1. The summed E-state index contributed by atoms with van der Waals surface area (Å²) in [5.74, 6) is 0.738. The number of halogens is 1. The maximum Gasteiger partial charge on any atom is 0.234 e. The molecule has 1 aliphatic rings. The maximum atomic E-state index is 12.2. The van der Waals surface area contributed by atoms with E-state index in [2.05, 4.69) is 5.32 Å². The highest BCUT2D eigenvalue weighted by molar-refractivity contribution is 7.91. The first-order valence-corrected chi connectivity index (χ1v) is 10.1. The van der Waals surface area contributed by atoms with Crippen LogP contribution in [0.4, 0.5) is 0 Å².